The smallest absolute Gasteiger partial charge is 0.304 e. The standard InChI is InChI=1S/C12H9Cl6N3O2S/c13-11(14,15)9-19-8(20-10(21-9)12(16,17)18)6-1-3-24(5-6)4-2-7(22)23/h1,3,5,24H,2,4H2,(H,22,23). The Kier molecular flexibility index (Phi) is 6.57. The zero-order chi connectivity index (χ0) is 18.1. The molecule has 1 aromatic rings. The van der Waals surface area contributed by atoms with E-state index in [0.29, 0.717) is 11.3 Å². The SMILES string of the molecule is O=C(O)CC[SH]1C=CC(c2nc(C(Cl)(Cl)Cl)nc(C(Cl)(Cl)Cl)n2)=C1. The van der Waals surface area contributed by atoms with Crippen LogP contribution in [0.2, 0.25) is 0 Å². The number of hydrogen-bond acceptors (Lipinski definition) is 4. The van der Waals surface area contributed by atoms with E-state index in [1.165, 1.54) is 0 Å². The van der Waals surface area contributed by atoms with Gasteiger partial charge in [-0.3, -0.25) is 4.79 Å². The van der Waals surface area contributed by atoms with Gasteiger partial charge in [0.15, 0.2) is 17.5 Å². The second-order valence-electron chi connectivity index (χ2n) is 4.58. The maximum atomic E-state index is 10.7. The van der Waals surface area contributed by atoms with Crippen LogP contribution in [0.1, 0.15) is 23.9 Å². The first kappa shape index (κ1) is 20.4. The molecule has 0 saturated heterocycles. The van der Waals surface area contributed by atoms with Crippen LogP contribution in [0.4, 0.5) is 0 Å². The number of carboxylic acids is 1. The van der Waals surface area contributed by atoms with Gasteiger partial charge in [0.25, 0.3) is 0 Å². The van der Waals surface area contributed by atoms with Gasteiger partial charge < -0.3 is 5.11 Å². The molecule has 1 unspecified atom stereocenters. The third-order valence-corrected chi connectivity index (χ3v) is 5.63. The van der Waals surface area contributed by atoms with E-state index in [4.69, 9.17) is 74.7 Å². The van der Waals surface area contributed by atoms with Gasteiger partial charge in [-0.2, -0.15) is 0 Å². The molecule has 12 heteroatoms. The van der Waals surface area contributed by atoms with Crippen LogP contribution in [-0.2, 0) is 12.4 Å². The summed E-state index contributed by atoms with van der Waals surface area (Å²) in [5.74, 6) is -0.511. The molecule has 0 saturated carbocycles. The fraction of sp³-hybridized carbons (Fsp3) is 0.333. The molecular formula is C12H9Cl6N3O2S. The molecule has 1 N–H and O–H groups in total. The second-order valence-corrected chi connectivity index (χ2v) is 11.2. The van der Waals surface area contributed by atoms with Crippen LogP contribution in [0.25, 0.3) is 5.57 Å². The molecule has 0 radical (unpaired) electrons. The van der Waals surface area contributed by atoms with Gasteiger partial charge in [-0.1, -0.05) is 69.6 Å². The average molecular weight is 472 g/mol. The molecule has 1 aliphatic rings. The summed E-state index contributed by atoms with van der Waals surface area (Å²) in [5.41, 5.74) is 0.625. The number of alkyl halides is 6. The highest BCUT2D eigenvalue weighted by atomic mass is 35.6. The summed E-state index contributed by atoms with van der Waals surface area (Å²) in [4.78, 5) is 22.8. The minimum Gasteiger partial charge on any atom is -0.481 e. The number of carboxylic acid groups (broad SMARTS) is 1. The van der Waals surface area contributed by atoms with Gasteiger partial charge in [-0.15, -0.1) is 0 Å². The highest BCUT2D eigenvalue weighted by Crippen LogP contribution is 2.43. The van der Waals surface area contributed by atoms with Crippen LogP contribution >= 0.6 is 80.5 Å². The molecular weight excluding hydrogens is 463 g/mol. The molecule has 1 aliphatic heterocycles. The van der Waals surface area contributed by atoms with Gasteiger partial charge in [0.1, 0.15) is 0 Å². The lowest BCUT2D eigenvalue weighted by Gasteiger charge is -2.15. The second kappa shape index (κ2) is 7.74. The van der Waals surface area contributed by atoms with Crippen LogP contribution in [0.3, 0.4) is 0 Å². The molecule has 1 atom stereocenters. The lowest BCUT2D eigenvalue weighted by Crippen LogP contribution is -2.17. The van der Waals surface area contributed by atoms with E-state index in [9.17, 15) is 4.79 Å². The summed E-state index contributed by atoms with van der Waals surface area (Å²) in [6.45, 7) is 0. The van der Waals surface area contributed by atoms with Crippen LogP contribution in [0, 0.1) is 0 Å². The number of nitrogens with zero attached hydrogens (tertiary/aromatic N) is 3. The van der Waals surface area contributed by atoms with Gasteiger partial charge in [0, 0.05) is 5.57 Å². The normalized spacial score (nSPS) is 19.4. The third-order valence-electron chi connectivity index (χ3n) is 2.74. The lowest BCUT2D eigenvalue weighted by atomic mass is 10.3. The molecule has 24 heavy (non-hydrogen) atoms. The molecule has 0 amide bonds. The molecule has 5 nitrogen and oxygen atoms in total. The van der Waals surface area contributed by atoms with Crippen molar-refractivity contribution in [1.29, 1.82) is 0 Å². The van der Waals surface area contributed by atoms with Crippen molar-refractivity contribution in [2.45, 2.75) is 14.0 Å². The van der Waals surface area contributed by atoms with Crippen molar-refractivity contribution >= 4 is 92.0 Å². The summed E-state index contributed by atoms with van der Waals surface area (Å²) < 4.78 is -3.83. The Bertz CT molecular complexity index is 681. The number of rotatable bonds is 4. The molecule has 0 bridgehead atoms. The number of aliphatic carboxylic acids is 1. The number of aromatic nitrogens is 3. The molecule has 0 fully saturated rings. The fourth-order valence-electron chi connectivity index (χ4n) is 1.70. The number of hydrogen-bond donors (Lipinski definition) is 2. The predicted octanol–water partition coefficient (Wildman–Crippen LogP) is 4.87. The minimum absolute atomic E-state index is 0.0653. The monoisotopic (exact) mass is 469 g/mol. The maximum absolute atomic E-state index is 10.7. The van der Waals surface area contributed by atoms with Crippen LogP contribution in [0.15, 0.2) is 16.9 Å². The summed E-state index contributed by atoms with van der Waals surface area (Å²) in [5, 5.41) is 12.5. The summed E-state index contributed by atoms with van der Waals surface area (Å²) >= 11 is 34.9. The Hall–Kier alpha value is 0.0500. The molecule has 2 rings (SSSR count). The lowest BCUT2D eigenvalue weighted by molar-refractivity contribution is -0.136. The van der Waals surface area contributed by atoms with Crippen LogP contribution < -0.4 is 0 Å². The predicted molar refractivity (Wildman–Crippen MR) is 102 cm³/mol. The molecule has 2 heterocycles. The summed E-state index contributed by atoms with van der Waals surface area (Å²) in [7, 11) is -0.738. The quantitative estimate of drug-likeness (QED) is 0.484. The fourth-order valence-corrected chi connectivity index (χ4v) is 3.93. The van der Waals surface area contributed by atoms with E-state index >= 15 is 0 Å². The Morgan fingerprint density at radius 3 is 2.04 bits per heavy atom. The van der Waals surface area contributed by atoms with Crippen LogP contribution in [0.5, 0.6) is 0 Å². The zero-order valence-corrected chi connectivity index (χ0v) is 17.0. The van der Waals surface area contributed by atoms with Gasteiger partial charge in [-0.05, 0) is 22.6 Å². The van der Waals surface area contributed by atoms with Gasteiger partial charge >= 0.3 is 5.97 Å². The Morgan fingerprint density at radius 2 is 1.58 bits per heavy atom. The Morgan fingerprint density at radius 1 is 1.04 bits per heavy atom. The maximum Gasteiger partial charge on any atom is 0.304 e. The first-order valence-electron chi connectivity index (χ1n) is 6.25. The third kappa shape index (κ3) is 5.53. The molecule has 0 aliphatic carbocycles. The molecule has 0 aromatic carbocycles. The average Bonchev–Trinajstić information content (AvgIpc) is 2.91. The minimum atomic E-state index is -1.92. The van der Waals surface area contributed by atoms with E-state index in [2.05, 4.69) is 15.0 Å². The first-order chi connectivity index (χ1) is 11.0. The molecule has 0 spiro atoms. The van der Waals surface area contributed by atoms with Crippen molar-refractivity contribution in [1.82, 2.24) is 15.0 Å². The topological polar surface area (TPSA) is 76.0 Å². The Labute approximate surface area is 170 Å². The van der Waals surface area contributed by atoms with Crippen LogP contribution in [-0.4, -0.2) is 31.8 Å². The Balaban J connectivity index is 2.38. The number of allylic oxidation sites excluding steroid dienone is 2. The van der Waals surface area contributed by atoms with Crippen molar-refractivity contribution < 1.29 is 9.90 Å². The van der Waals surface area contributed by atoms with E-state index in [1.807, 2.05) is 10.8 Å². The highest BCUT2D eigenvalue weighted by Gasteiger charge is 2.34. The van der Waals surface area contributed by atoms with E-state index < -0.39 is 24.4 Å². The van der Waals surface area contributed by atoms with Gasteiger partial charge in [0.2, 0.25) is 7.59 Å². The highest BCUT2D eigenvalue weighted by molar-refractivity contribution is 8.22. The van der Waals surface area contributed by atoms with Crippen molar-refractivity contribution in [3.63, 3.8) is 0 Å². The van der Waals surface area contributed by atoms with Crippen molar-refractivity contribution in [3.05, 3.63) is 34.4 Å². The summed E-state index contributed by atoms with van der Waals surface area (Å²) in [6, 6.07) is 0. The van der Waals surface area contributed by atoms with Crippen molar-refractivity contribution in [3.8, 4) is 0 Å². The number of halogens is 6. The van der Waals surface area contributed by atoms with Gasteiger partial charge in [0.05, 0.1) is 6.42 Å². The first-order valence-corrected chi connectivity index (χ1v) is 10.2. The molecule has 1 aromatic heterocycles. The number of thiol groups is 1. The zero-order valence-electron chi connectivity index (χ0n) is 11.6. The van der Waals surface area contributed by atoms with E-state index in [0.717, 1.165) is 0 Å². The van der Waals surface area contributed by atoms with Crippen molar-refractivity contribution in [2.75, 3.05) is 5.75 Å². The summed E-state index contributed by atoms with van der Waals surface area (Å²) in [6.07, 6.45) is 1.82. The largest absolute Gasteiger partial charge is 0.481 e. The van der Waals surface area contributed by atoms with E-state index in [-0.39, 0.29) is 23.9 Å². The molecule has 132 valence electrons. The van der Waals surface area contributed by atoms with E-state index in [1.54, 1.807) is 6.08 Å². The number of carbonyl (C=O) groups is 1. The van der Waals surface area contributed by atoms with Crippen molar-refractivity contribution in [2.24, 2.45) is 0 Å². The van der Waals surface area contributed by atoms with Gasteiger partial charge in [-0.25, -0.2) is 25.8 Å².